The molecule has 0 saturated heterocycles. The zero-order valence-electron chi connectivity index (χ0n) is 15.1. The molecule has 0 heterocycles. The molecule has 3 heteroatoms. The van der Waals surface area contributed by atoms with Crippen molar-refractivity contribution in [2.45, 2.75) is 77.9 Å². The predicted molar refractivity (Wildman–Crippen MR) is 91.8 cm³/mol. The SMILES string of the molecule is CCC(CC(O)C(C)O)c1cc(C)cc(C(C)(C)C)c1OC. The molecule has 0 saturated carbocycles. The molecule has 22 heavy (non-hydrogen) atoms. The highest BCUT2D eigenvalue weighted by atomic mass is 16.5. The van der Waals surface area contributed by atoms with Crippen LogP contribution in [-0.4, -0.2) is 29.5 Å². The van der Waals surface area contributed by atoms with E-state index in [1.165, 1.54) is 11.1 Å². The third-order valence-electron chi connectivity index (χ3n) is 4.29. The molecule has 1 aromatic carbocycles. The molecule has 0 amide bonds. The van der Waals surface area contributed by atoms with Crippen LogP contribution in [0.1, 0.15) is 70.1 Å². The summed E-state index contributed by atoms with van der Waals surface area (Å²) in [5.74, 6) is 1.09. The van der Waals surface area contributed by atoms with Gasteiger partial charge in [0.25, 0.3) is 0 Å². The molecule has 126 valence electrons. The second kappa shape index (κ2) is 7.47. The van der Waals surface area contributed by atoms with E-state index in [4.69, 9.17) is 4.74 Å². The van der Waals surface area contributed by atoms with E-state index < -0.39 is 12.2 Å². The zero-order valence-corrected chi connectivity index (χ0v) is 15.1. The lowest BCUT2D eigenvalue weighted by molar-refractivity contribution is 0.0213. The molecule has 3 nitrogen and oxygen atoms in total. The van der Waals surface area contributed by atoms with Crippen molar-refractivity contribution in [3.05, 3.63) is 28.8 Å². The minimum atomic E-state index is -0.716. The normalized spacial score (nSPS) is 16.2. The number of benzene rings is 1. The Balaban J connectivity index is 3.34. The van der Waals surface area contributed by atoms with Gasteiger partial charge in [0, 0.05) is 5.56 Å². The van der Waals surface area contributed by atoms with Gasteiger partial charge >= 0.3 is 0 Å². The number of hydrogen-bond donors (Lipinski definition) is 2. The highest BCUT2D eigenvalue weighted by Crippen LogP contribution is 2.40. The lowest BCUT2D eigenvalue weighted by atomic mass is 9.80. The molecule has 0 radical (unpaired) electrons. The summed E-state index contributed by atoms with van der Waals surface area (Å²) >= 11 is 0. The molecule has 2 N–H and O–H groups in total. The molecule has 3 unspecified atom stereocenters. The van der Waals surface area contributed by atoms with Gasteiger partial charge in [0.1, 0.15) is 5.75 Å². The van der Waals surface area contributed by atoms with Gasteiger partial charge in [-0.15, -0.1) is 0 Å². The van der Waals surface area contributed by atoms with E-state index in [1.807, 2.05) is 0 Å². The summed E-state index contributed by atoms with van der Waals surface area (Å²) in [6.07, 6.45) is 0.00488. The van der Waals surface area contributed by atoms with Gasteiger partial charge < -0.3 is 14.9 Å². The van der Waals surface area contributed by atoms with Crippen molar-refractivity contribution in [2.75, 3.05) is 7.11 Å². The van der Waals surface area contributed by atoms with Gasteiger partial charge in [-0.25, -0.2) is 0 Å². The summed E-state index contributed by atoms with van der Waals surface area (Å²) in [5, 5.41) is 19.7. The zero-order chi connectivity index (χ0) is 17.1. The minimum Gasteiger partial charge on any atom is -0.496 e. The van der Waals surface area contributed by atoms with Crippen molar-refractivity contribution in [3.63, 3.8) is 0 Å². The minimum absolute atomic E-state index is 0.00666. The van der Waals surface area contributed by atoms with E-state index in [1.54, 1.807) is 14.0 Å². The van der Waals surface area contributed by atoms with Gasteiger partial charge in [-0.3, -0.25) is 0 Å². The quantitative estimate of drug-likeness (QED) is 0.837. The summed E-state index contributed by atoms with van der Waals surface area (Å²) in [6.45, 7) is 12.4. The first kappa shape index (κ1) is 19.0. The van der Waals surface area contributed by atoms with Crippen molar-refractivity contribution in [1.29, 1.82) is 0 Å². The molecular formula is C19H32O3. The van der Waals surface area contributed by atoms with Crippen molar-refractivity contribution in [1.82, 2.24) is 0 Å². The number of aryl methyl sites for hydroxylation is 1. The fourth-order valence-corrected chi connectivity index (χ4v) is 2.89. The Hall–Kier alpha value is -1.06. The van der Waals surface area contributed by atoms with Crippen LogP contribution in [0.2, 0.25) is 0 Å². The summed E-state index contributed by atoms with van der Waals surface area (Å²) < 4.78 is 5.74. The molecular weight excluding hydrogens is 276 g/mol. The Morgan fingerprint density at radius 1 is 1.18 bits per heavy atom. The van der Waals surface area contributed by atoms with Gasteiger partial charge in [-0.05, 0) is 43.6 Å². The maximum atomic E-state index is 10.1. The smallest absolute Gasteiger partial charge is 0.126 e. The monoisotopic (exact) mass is 308 g/mol. The lowest BCUT2D eigenvalue weighted by Crippen LogP contribution is -2.25. The molecule has 0 aliphatic rings. The van der Waals surface area contributed by atoms with Gasteiger partial charge in [0.15, 0.2) is 0 Å². The number of hydrogen-bond acceptors (Lipinski definition) is 3. The van der Waals surface area contributed by atoms with E-state index in [0.717, 1.165) is 17.7 Å². The van der Waals surface area contributed by atoms with Crippen LogP contribution < -0.4 is 4.74 Å². The second-order valence-electron chi connectivity index (χ2n) is 7.33. The standard InChI is InChI=1S/C19H32O3/c1-8-14(11-17(21)13(3)20)15-9-12(2)10-16(18(15)22-7)19(4,5)6/h9-10,13-14,17,20-21H,8,11H2,1-7H3. The van der Waals surface area contributed by atoms with Crippen molar-refractivity contribution in [2.24, 2.45) is 0 Å². The predicted octanol–water partition coefficient (Wildman–Crippen LogP) is 3.93. The number of rotatable bonds is 6. The number of aliphatic hydroxyl groups excluding tert-OH is 2. The highest BCUT2D eigenvalue weighted by Gasteiger charge is 2.26. The molecule has 3 atom stereocenters. The van der Waals surface area contributed by atoms with Crippen LogP contribution in [0.5, 0.6) is 5.75 Å². The Labute approximate surface area is 135 Å². The number of aliphatic hydroxyl groups is 2. The van der Waals surface area contributed by atoms with Gasteiger partial charge in [0.2, 0.25) is 0 Å². The highest BCUT2D eigenvalue weighted by molar-refractivity contribution is 5.49. The molecule has 0 aliphatic heterocycles. The summed E-state index contributed by atoms with van der Waals surface area (Å²) in [7, 11) is 1.71. The van der Waals surface area contributed by atoms with E-state index in [9.17, 15) is 10.2 Å². The Bertz CT molecular complexity index is 486. The number of methoxy groups -OCH3 is 1. The van der Waals surface area contributed by atoms with Crippen LogP contribution in [0.15, 0.2) is 12.1 Å². The molecule has 0 bridgehead atoms. The van der Waals surface area contributed by atoms with Crippen LogP contribution in [0.3, 0.4) is 0 Å². The molecule has 0 fully saturated rings. The largest absolute Gasteiger partial charge is 0.496 e. The average Bonchev–Trinajstić information content (AvgIpc) is 2.42. The van der Waals surface area contributed by atoms with Gasteiger partial charge in [-0.2, -0.15) is 0 Å². The van der Waals surface area contributed by atoms with Crippen LogP contribution in [-0.2, 0) is 5.41 Å². The molecule has 1 rings (SSSR count). The van der Waals surface area contributed by atoms with Crippen molar-refractivity contribution in [3.8, 4) is 5.75 Å². The van der Waals surface area contributed by atoms with Gasteiger partial charge in [0.05, 0.1) is 19.3 Å². The van der Waals surface area contributed by atoms with E-state index in [2.05, 4.69) is 46.8 Å². The maximum absolute atomic E-state index is 10.1. The summed E-state index contributed by atoms with van der Waals surface area (Å²) in [5.41, 5.74) is 3.52. The van der Waals surface area contributed by atoms with E-state index >= 15 is 0 Å². The number of ether oxygens (including phenoxy) is 1. The topological polar surface area (TPSA) is 49.7 Å². The first-order valence-corrected chi connectivity index (χ1v) is 8.16. The Kier molecular flexibility index (Phi) is 6.45. The third-order valence-corrected chi connectivity index (χ3v) is 4.29. The first-order chi connectivity index (χ1) is 10.1. The molecule has 0 aromatic heterocycles. The van der Waals surface area contributed by atoms with Crippen LogP contribution in [0.4, 0.5) is 0 Å². The van der Waals surface area contributed by atoms with Crippen molar-refractivity contribution >= 4 is 0 Å². The van der Waals surface area contributed by atoms with E-state index in [0.29, 0.717) is 6.42 Å². The second-order valence-corrected chi connectivity index (χ2v) is 7.33. The molecule has 1 aromatic rings. The third kappa shape index (κ3) is 4.47. The molecule has 0 aliphatic carbocycles. The fourth-order valence-electron chi connectivity index (χ4n) is 2.89. The van der Waals surface area contributed by atoms with Crippen molar-refractivity contribution < 1.29 is 14.9 Å². The van der Waals surface area contributed by atoms with Crippen LogP contribution >= 0.6 is 0 Å². The van der Waals surface area contributed by atoms with E-state index in [-0.39, 0.29) is 11.3 Å². The summed E-state index contributed by atoms with van der Waals surface area (Å²) in [6, 6.07) is 4.33. The summed E-state index contributed by atoms with van der Waals surface area (Å²) in [4.78, 5) is 0. The van der Waals surface area contributed by atoms with Crippen LogP contribution in [0, 0.1) is 6.92 Å². The van der Waals surface area contributed by atoms with Gasteiger partial charge in [-0.1, -0.05) is 45.4 Å². The Morgan fingerprint density at radius 3 is 2.18 bits per heavy atom. The lowest BCUT2D eigenvalue weighted by Gasteiger charge is -2.28. The average molecular weight is 308 g/mol. The maximum Gasteiger partial charge on any atom is 0.126 e. The Morgan fingerprint density at radius 2 is 1.77 bits per heavy atom. The fraction of sp³-hybridized carbons (Fsp3) is 0.684. The molecule has 0 spiro atoms. The first-order valence-electron chi connectivity index (χ1n) is 8.16. The van der Waals surface area contributed by atoms with Crippen LogP contribution in [0.25, 0.3) is 0 Å².